The lowest BCUT2D eigenvalue weighted by Crippen LogP contribution is -2.32. The molecule has 0 bridgehead atoms. The average Bonchev–Trinajstić information content (AvgIpc) is 2.81. The Hall–Kier alpha value is -2.78. The number of rotatable bonds is 8. The van der Waals surface area contributed by atoms with E-state index in [2.05, 4.69) is 25.3 Å². The normalized spacial score (nSPS) is 19.1. The van der Waals surface area contributed by atoms with Crippen molar-refractivity contribution in [3.05, 3.63) is 54.3 Å². The van der Waals surface area contributed by atoms with Gasteiger partial charge in [-0.2, -0.15) is 4.98 Å². The molecule has 32 heavy (non-hydrogen) atoms. The minimum atomic E-state index is -3.83. The maximum atomic E-state index is 13.8. The van der Waals surface area contributed by atoms with Crippen LogP contribution in [0.1, 0.15) is 25.7 Å². The van der Waals surface area contributed by atoms with E-state index in [9.17, 15) is 12.8 Å². The van der Waals surface area contributed by atoms with Crippen molar-refractivity contribution in [3.63, 3.8) is 0 Å². The SMILES string of the molecule is CNc1nc(NCC2CCC(CNS(=O)(=O)c3ccccc3F)CC2)nc2ccccc12. The summed E-state index contributed by atoms with van der Waals surface area (Å²) in [6, 6.07) is 13.3. The Morgan fingerprint density at radius 1 is 0.938 bits per heavy atom. The van der Waals surface area contributed by atoms with Crippen molar-refractivity contribution in [1.82, 2.24) is 14.7 Å². The lowest BCUT2D eigenvalue weighted by Gasteiger charge is -2.28. The number of hydrogen-bond acceptors (Lipinski definition) is 6. The van der Waals surface area contributed by atoms with Crippen molar-refractivity contribution in [2.75, 3.05) is 30.8 Å². The van der Waals surface area contributed by atoms with Gasteiger partial charge in [0.2, 0.25) is 16.0 Å². The lowest BCUT2D eigenvalue weighted by molar-refractivity contribution is 0.284. The first kappa shape index (κ1) is 22.4. The van der Waals surface area contributed by atoms with Gasteiger partial charge >= 0.3 is 0 Å². The molecular formula is C23H28FN5O2S. The van der Waals surface area contributed by atoms with Gasteiger partial charge in [0.05, 0.1) is 5.52 Å². The average molecular weight is 458 g/mol. The maximum absolute atomic E-state index is 13.8. The molecule has 9 heteroatoms. The third-order valence-corrected chi connectivity index (χ3v) is 7.50. The lowest BCUT2D eigenvalue weighted by atomic mass is 9.82. The Morgan fingerprint density at radius 2 is 1.59 bits per heavy atom. The predicted octanol–water partition coefficient (Wildman–Crippen LogP) is 4.01. The number of nitrogens with zero attached hydrogens (tertiary/aromatic N) is 2. The highest BCUT2D eigenvalue weighted by Crippen LogP contribution is 2.29. The number of halogens is 1. The summed E-state index contributed by atoms with van der Waals surface area (Å²) in [7, 11) is -1.99. The molecule has 1 saturated carbocycles. The third-order valence-electron chi connectivity index (χ3n) is 6.04. The topological polar surface area (TPSA) is 96.0 Å². The first-order valence-electron chi connectivity index (χ1n) is 10.9. The van der Waals surface area contributed by atoms with E-state index in [0.29, 0.717) is 18.4 Å². The first-order valence-corrected chi connectivity index (χ1v) is 12.4. The molecule has 3 aromatic rings. The molecule has 0 atom stereocenters. The van der Waals surface area contributed by atoms with Crippen LogP contribution in [0.15, 0.2) is 53.4 Å². The van der Waals surface area contributed by atoms with Crippen molar-refractivity contribution in [3.8, 4) is 0 Å². The molecule has 0 aliphatic heterocycles. The van der Waals surface area contributed by atoms with Crippen molar-refractivity contribution in [2.24, 2.45) is 11.8 Å². The molecule has 1 aromatic heterocycles. The molecular weight excluding hydrogens is 429 g/mol. The van der Waals surface area contributed by atoms with Crippen LogP contribution in [0.2, 0.25) is 0 Å². The highest BCUT2D eigenvalue weighted by molar-refractivity contribution is 7.89. The van der Waals surface area contributed by atoms with E-state index in [1.165, 1.54) is 18.2 Å². The largest absolute Gasteiger partial charge is 0.372 e. The molecule has 1 aliphatic carbocycles. The monoisotopic (exact) mass is 457 g/mol. The smallest absolute Gasteiger partial charge is 0.243 e. The molecule has 0 unspecified atom stereocenters. The fourth-order valence-corrected chi connectivity index (χ4v) is 5.38. The van der Waals surface area contributed by atoms with Crippen LogP contribution in [0.4, 0.5) is 16.2 Å². The quantitative estimate of drug-likeness (QED) is 0.473. The summed E-state index contributed by atoms with van der Waals surface area (Å²) in [6.07, 6.45) is 3.83. The van der Waals surface area contributed by atoms with Crippen molar-refractivity contribution in [2.45, 2.75) is 30.6 Å². The number of nitrogens with one attached hydrogen (secondary N) is 3. The zero-order chi connectivity index (χ0) is 22.6. The van der Waals surface area contributed by atoms with E-state index in [0.717, 1.165) is 55.0 Å². The van der Waals surface area contributed by atoms with Gasteiger partial charge in [-0.1, -0.05) is 24.3 Å². The van der Waals surface area contributed by atoms with Gasteiger partial charge in [-0.05, 0) is 61.8 Å². The van der Waals surface area contributed by atoms with Crippen molar-refractivity contribution < 1.29 is 12.8 Å². The molecule has 0 spiro atoms. The maximum Gasteiger partial charge on any atom is 0.243 e. The summed E-state index contributed by atoms with van der Waals surface area (Å²) in [5.74, 6) is 1.40. The Bertz CT molecular complexity index is 1180. The van der Waals surface area contributed by atoms with E-state index >= 15 is 0 Å². The Morgan fingerprint density at radius 3 is 2.31 bits per heavy atom. The van der Waals surface area contributed by atoms with E-state index in [1.807, 2.05) is 31.3 Å². The van der Waals surface area contributed by atoms with E-state index in [4.69, 9.17) is 0 Å². The highest BCUT2D eigenvalue weighted by atomic mass is 32.2. The van der Waals surface area contributed by atoms with Crippen LogP contribution in [-0.4, -0.2) is 38.5 Å². The van der Waals surface area contributed by atoms with E-state index in [-0.39, 0.29) is 10.8 Å². The summed E-state index contributed by atoms with van der Waals surface area (Å²) in [5, 5.41) is 7.47. The van der Waals surface area contributed by atoms with E-state index < -0.39 is 15.8 Å². The highest BCUT2D eigenvalue weighted by Gasteiger charge is 2.24. The van der Waals surface area contributed by atoms with Crippen LogP contribution >= 0.6 is 0 Å². The molecule has 0 saturated heterocycles. The molecule has 0 radical (unpaired) electrons. The van der Waals surface area contributed by atoms with Gasteiger partial charge < -0.3 is 10.6 Å². The molecule has 7 nitrogen and oxygen atoms in total. The van der Waals surface area contributed by atoms with Gasteiger partial charge in [-0.25, -0.2) is 22.5 Å². The molecule has 4 rings (SSSR count). The number of sulfonamides is 1. The third kappa shape index (κ3) is 5.16. The molecule has 0 amide bonds. The van der Waals surface area contributed by atoms with Crippen LogP contribution in [0, 0.1) is 17.7 Å². The second-order valence-corrected chi connectivity index (χ2v) is 9.95. The molecule has 3 N–H and O–H groups in total. The Kier molecular flexibility index (Phi) is 6.86. The molecule has 1 fully saturated rings. The fraction of sp³-hybridized carbons (Fsp3) is 0.391. The number of fused-ring (bicyclic) bond motifs is 1. The first-order chi connectivity index (χ1) is 15.5. The number of anilines is 2. The number of aromatic nitrogens is 2. The van der Waals surface area contributed by atoms with Crippen molar-refractivity contribution >= 4 is 32.7 Å². The minimum absolute atomic E-state index is 0.251. The van der Waals surface area contributed by atoms with Crippen LogP contribution in [0.5, 0.6) is 0 Å². The molecule has 1 aliphatic rings. The van der Waals surface area contributed by atoms with Gasteiger partial charge in [0.15, 0.2) is 0 Å². The number of benzene rings is 2. The molecule has 1 heterocycles. The summed E-state index contributed by atoms with van der Waals surface area (Å²) in [4.78, 5) is 8.88. The van der Waals surface area contributed by atoms with E-state index in [1.54, 1.807) is 0 Å². The zero-order valence-electron chi connectivity index (χ0n) is 18.0. The second-order valence-electron chi connectivity index (χ2n) is 8.21. The van der Waals surface area contributed by atoms with Gasteiger partial charge in [0.1, 0.15) is 16.5 Å². The predicted molar refractivity (Wildman–Crippen MR) is 125 cm³/mol. The zero-order valence-corrected chi connectivity index (χ0v) is 18.8. The van der Waals surface area contributed by atoms with Gasteiger partial charge in [-0.15, -0.1) is 0 Å². The van der Waals surface area contributed by atoms with Crippen LogP contribution in [0.25, 0.3) is 10.9 Å². The van der Waals surface area contributed by atoms with Crippen LogP contribution in [0.3, 0.4) is 0 Å². The number of hydrogen-bond donors (Lipinski definition) is 3. The van der Waals surface area contributed by atoms with Gasteiger partial charge in [0.25, 0.3) is 0 Å². The Labute approximate surface area is 187 Å². The Balaban J connectivity index is 1.27. The molecule has 2 aromatic carbocycles. The van der Waals surface area contributed by atoms with Gasteiger partial charge in [-0.3, -0.25) is 0 Å². The van der Waals surface area contributed by atoms with Crippen molar-refractivity contribution in [1.29, 1.82) is 0 Å². The minimum Gasteiger partial charge on any atom is -0.372 e. The molecule has 170 valence electrons. The fourth-order valence-electron chi connectivity index (χ4n) is 4.19. The second kappa shape index (κ2) is 9.79. The summed E-state index contributed by atoms with van der Waals surface area (Å²) in [6.45, 7) is 1.10. The summed E-state index contributed by atoms with van der Waals surface area (Å²) >= 11 is 0. The van der Waals surface area contributed by atoms with Crippen LogP contribution in [-0.2, 0) is 10.0 Å². The number of para-hydroxylation sites is 1. The standard InChI is InChI=1S/C23H28FN5O2S/c1-25-22-18-6-2-4-8-20(18)28-23(29-22)26-14-16-10-12-17(13-11-16)15-27-32(30,31)21-9-5-3-7-19(21)24/h2-9,16-17,27H,10-15H2,1H3,(H2,25,26,28,29). The summed E-state index contributed by atoms with van der Waals surface area (Å²) in [5.41, 5.74) is 0.889. The van der Waals surface area contributed by atoms with Gasteiger partial charge in [0, 0.05) is 25.5 Å². The van der Waals surface area contributed by atoms with Crippen LogP contribution < -0.4 is 15.4 Å². The summed E-state index contributed by atoms with van der Waals surface area (Å²) < 4.78 is 41.2.